The molecule has 2 nitrogen and oxygen atoms in total. The van der Waals surface area contributed by atoms with Crippen LogP contribution in [-0.2, 0) is 0 Å². The van der Waals surface area contributed by atoms with Gasteiger partial charge in [-0.25, -0.2) is 0 Å². The maximum absolute atomic E-state index is 6.65. The van der Waals surface area contributed by atoms with Crippen molar-refractivity contribution < 1.29 is 4.42 Å². The van der Waals surface area contributed by atoms with Crippen LogP contribution in [0.1, 0.15) is 0 Å². The lowest BCUT2D eigenvalue weighted by molar-refractivity contribution is 0.673. The van der Waals surface area contributed by atoms with Crippen molar-refractivity contribution >= 4 is 60.5 Å². The topological polar surface area (TPSA) is 16.4 Å². The molecule has 0 spiro atoms. The maximum atomic E-state index is 6.65. The average molecular weight is 740 g/mol. The Bertz CT molecular complexity index is 3270. The van der Waals surface area contributed by atoms with E-state index in [1.807, 2.05) is 0 Å². The minimum absolute atomic E-state index is 0.882. The number of rotatable bonds is 7. The van der Waals surface area contributed by atoms with Crippen molar-refractivity contribution in [1.82, 2.24) is 0 Å². The highest BCUT2D eigenvalue weighted by Crippen LogP contribution is 2.46. The average Bonchev–Trinajstić information content (AvgIpc) is 3.70. The first-order chi connectivity index (χ1) is 28.7. The molecule has 272 valence electrons. The van der Waals surface area contributed by atoms with Crippen molar-refractivity contribution in [2.45, 2.75) is 0 Å². The van der Waals surface area contributed by atoms with Gasteiger partial charge in [0.25, 0.3) is 0 Å². The summed E-state index contributed by atoms with van der Waals surface area (Å²) < 4.78 is 6.65. The van der Waals surface area contributed by atoms with Crippen molar-refractivity contribution in [1.29, 1.82) is 0 Å². The van der Waals surface area contributed by atoms with Gasteiger partial charge >= 0.3 is 0 Å². The van der Waals surface area contributed by atoms with Gasteiger partial charge in [0.05, 0.1) is 5.69 Å². The molecule has 0 amide bonds. The SMILES string of the molecule is c1ccc(-c2ccc(N(c3ccc(-c4cccc(-c5ccc6ccccc6c5)c4)cc3)c3ccccc3-c3cccc4oc5c6ccccc6ccc5c34)cc2)cc1. The van der Waals surface area contributed by atoms with Crippen LogP contribution in [0.25, 0.3) is 88.0 Å². The molecule has 0 saturated heterocycles. The summed E-state index contributed by atoms with van der Waals surface area (Å²) in [6.45, 7) is 0. The molecule has 0 atom stereocenters. The van der Waals surface area contributed by atoms with Crippen LogP contribution >= 0.6 is 0 Å². The molecule has 0 N–H and O–H groups in total. The fourth-order valence-electron chi connectivity index (χ4n) is 8.59. The lowest BCUT2D eigenvalue weighted by atomic mass is 9.95. The Kier molecular flexibility index (Phi) is 8.19. The monoisotopic (exact) mass is 739 g/mol. The molecule has 2 heteroatoms. The third-order valence-corrected chi connectivity index (χ3v) is 11.5. The summed E-state index contributed by atoms with van der Waals surface area (Å²) in [7, 11) is 0. The lowest BCUT2D eigenvalue weighted by Gasteiger charge is -2.28. The van der Waals surface area contributed by atoms with Gasteiger partial charge in [-0.05, 0) is 110 Å². The molecule has 0 bridgehead atoms. The number of nitrogens with zero attached hydrogens (tertiary/aromatic N) is 1. The second-order valence-electron chi connectivity index (χ2n) is 14.9. The molecular formula is C56H37NO. The first-order valence-corrected chi connectivity index (χ1v) is 19.8. The van der Waals surface area contributed by atoms with E-state index in [0.29, 0.717) is 0 Å². The number of benzene rings is 10. The van der Waals surface area contributed by atoms with Crippen LogP contribution in [0, 0.1) is 0 Å². The highest BCUT2D eigenvalue weighted by Gasteiger charge is 2.21. The van der Waals surface area contributed by atoms with Crippen molar-refractivity contribution in [3.63, 3.8) is 0 Å². The van der Waals surface area contributed by atoms with Gasteiger partial charge in [-0.2, -0.15) is 0 Å². The Hall–Kier alpha value is -7.68. The number of hydrogen-bond donors (Lipinski definition) is 0. The second kappa shape index (κ2) is 14.1. The normalized spacial score (nSPS) is 11.4. The summed E-state index contributed by atoms with van der Waals surface area (Å²) in [6.07, 6.45) is 0. The van der Waals surface area contributed by atoms with Gasteiger partial charge in [0.15, 0.2) is 0 Å². The molecule has 10 aromatic carbocycles. The van der Waals surface area contributed by atoms with Crippen LogP contribution in [0.4, 0.5) is 17.1 Å². The number of furan rings is 1. The van der Waals surface area contributed by atoms with E-state index >= 15 is 0 Å². The van der Waals surface area contributed by atoms with Crippen LogP contribution in [-0.4, -0.2) is 0 Å². The van der Waals surface area contributed by atoms with E-state index in [0.717, 1.165) is 55.5 Å². The summed E-state index contributed by atoms with van der Waals surface area (Å²) >= 11 is 0. The molecule has 0 radical (unpaired) electrons. The predicted octanol–water partition coefficient (Wildman–Crippen LogP) is 16.0. The van der Waals surface area contributed by atoms with E-state index in [9.17, 15) is 0 Å². The molecule has 0 saturated carbocycles. The van der Waals surface area contributed by atoms with E-state index < -0.39 is 0 Å². The highest BCUT2D eigenvalue weighted by atomic mass is 16.3. The smallest absolute Gasteiger partial charge is 0.143 e. The maximum Gasteiger partial charge on any atom is 0.143 e. The summed E-state index contributed by atoms with van der Waals surface area (Å²) in [4.78, 5) is 2.38. The fraction of sp³-hybridized carbons (Fsp3) is 0. The molecular weight excluding hydrogens is 703 g/mol. The lowest BCUT2D eigenvalue weighted by Crippen LogP contribution is -2.11. The Morgan fingerprint density at radius 1 is 0.310 bits per heavy atom. The zero-order valence-corrected chi connectivity index (χ0v) is 31.7. The van der Waals surface area contributed by atoms with E-state index in [4.69, 9.17) is 4.42 Å². The van der Waals surface area contributed by atoms with Gasteiger partial charge < -0.3 is 9.32 Å². The highest BCUT2D eigenvalue weighted by molar-refractivity contribution is 6.19. The number of fused-ring (bicyclic) bond motifs is 6. The third kappa shape index (κ3) is 5.91. The molecule has 0 aliphatic carbocycles. The van der Waals surface area contributed by atoms with Gasteiger partial charge in [-0.15, -0.1) is 0 Å². The summed E-state index contributed by atoms with van der Waals surface area (Å²) in [6, 6.07) is 80.6. The van der Waals surface area contributed by atoms with Crippen molar-refractivity contribution in [2.24, 2.45) is 0 Å². The van der Waals surface area contributed by atoms with Crippen LogP contribution in [0.3, 0.4) is 0 Å². The van der Waals surface area contributed by atoms with E-state index in [-0.39, 0.29) is 0 Å². The number of para-hydroxylation sites is 1. The van der Waals surface area contributed by atoms with Gasteiger partial charge in [0.2, 0.25) is 0 Å². The zero-order chi connectivity index (χ0) is 38.4. The van der Waals surface area contributed by atoms with Crippen LogP contribution in [0.15, 0.2) is 229 Å². The Balaban J connectivity index is 1.04. The molecule has 0 fully saturated rings. The zero-order valence-electron chi connectivity index (χ0n) is 31.7. The standard InChI is InChI=1S/C56H37NO/c1-2-12-38(13-3-1)40-26-31-47(32-27-40)57(48-33-28-41(29-34-48)44-17-10-18-45(36-44)46-25-24-39-14-4-5-16-43(39)37-46)53-22-9-8-20-50(53)51-21-11-23-54-55(51)52-35-30-42-15-6-7-19-49(42)56(52)58-54/h1-37H. The summed E-state index contributed by atoms with van der Waals surface area (Å²) in [5, 5.41) is 7.04. The Labute approximate surface area is 337 Å². The molecule has 0 unspecified atom stereocenters. The second-order valence-corrected chi connectivity index (χ2v) is 14.9. The van der Waals surface area contributed by atoms with Gasteiger partial charge in [-0.3, -0.25) is 0 Å². The largest absolute Gasteiger partial charge is 0.455 e. The first-order valence-electron chi connectivity index (χ1n) is 19.8. The number of anilines is 3. The quantitative estimate of drug-likeness (QED) is 0.162. The Morgan fingerprint density at radius 3 is 1.64 bits per heavy atom. The molecule has 1 heterocycles. The van der Waals surface area contributed by atoms with Crippen LogP contribution in [0.2, 0.25) is 0 Å². The van der Waals surface area contributed by atoms with Gasteiger partial charge in [0, 0.05) is 33.1 Å². The van der Waals surface area contributed by atoms with Gasteiger partial charge in [0.1, 0.15) is 11.2 Å². The van der Waals surface area contributed by atoms with E-state index in [2.05, 4.69) is 229 Å². The van der Waals surface area contributed by atoms with E-state index in [1.54, 1.807) is 0 Å². The minimum atomic E-state index is 0.882. The molecule has 58 heavy (non-hydrogen) atoms. The predicted molar refractivity (Wildman–Crippen MR) is 245 cm³/mol. The minimum Gasteiger partial charge on any atom is -0.455 e. The first kappa shape index (κ1) is 33.6. The van der Waals surface area contributed by atoms with Crippen LogP contribution in [0.5, 0.6) is 0 Å². The number of hydrogen-bond acceptors (Lipinski definition) is 2. The fourth-order valence-corrected chi connectivity index (χ4v) is 8.59. The molecule has 11 rings (SSSR count). The molecule has 1 aromatic heterocycles. The van der Waals surface area contributed by atoms with Crippen LogP contribution < -0.4 is 4.90 Å². The summed E-state index contributed by atoms with van der Waals surface area (Å²) in [5.41, 5.74) is 14.5. The van der Waals surface area contributed by atoms with Crippen molar-refractivity contribution in [3.8, 4) is 44.5 Å². The Morgan fingerprint density at radius 2 is 0.845 bits per heavy atom. The van der Waals surface area contributed by atoms with Crippen molar-refractivity contribution in [2.75, 3.05) is 4.90 Å². The van der Waals surface area contributed by atoms with Gasteiger partial charge in [-0.1, -0.05) is 170 Å². The van der Waals surface area contributed by atoms with E-state index in [1.165, 1.54) is 49.5 Å². The molecule has 0 aliphatic heterocycles. The molecule has 11 aromatic rings. The summed E-state index contributed by atoms with van der Waals surface area (Å²) in [5.74, 6) is 0. The van der Waals surface area contributed by atoms with Crippen molar-refractivity contribution in [3.05, 3.63) is 224 Å². The third-order valence-electron chi connectivity index (χ3n) is 11.5. The molecule has 0 aliphatic rings.